The van der Waals surface area contributed by atoms with Crippen LogP contribution in [-0.4, -0.2) is 23.1 Å². The third-order valence-electron chi connectivity index (χ3n) is 3.92. The Hall–Kier alpha value is -2.34. The van der Waals surface area contributed by atoms with Gasteiger partial charge in [0.25, 0.3) is 5.69 Å². The Bertz CT molecular complexity index is 776. The molecule has 0 fully saturated rings. The standard InChI is InChI=1S/C17H16N2O3S/c1-12-4-2-3-5-16(12)23-11-17(20)18-9-8-13-6-7-14(19(21)22)10-15(13)18/h2-7,10H,8-9,11H2,1H3. The van der Waals surface area contributed by atoms with Gasteiger partial charge >= 0.3 is 0 Å². The third kappa shape index (κ3) is 3.22. The molecular formula is C17H16N2O3S. The normalized spacial score (nSPS) is 13.0. The Morgan fingerprint density at radius 1 is 1.30 bits per heavy atom. The summed E-state index contributed by atoms with van der Waals surface area (Å²) in [6.45, 7) is 2.60. The summed E-state index contributed by atoms with van der Waals surface area (Å²) < 4.78 is 0. The number of aryl methyl sites for hydroxylation is 1. The molecule has 1 amide bonds. The van der Waals surface area contributed by atoms with E-state index in [1.807, 2.05) is 31.2 Å². The van der Waals surface area contributed by atoms with E-state index in [-0.39, 0.29) is 11.6 Å². The number of carbonyl (C=O) groups is 1. The largest absolute Gasteiger partial charge is 0.311 e. The maximum Gasteiger partial charge on any atom is 0.271 e. The van der Waals surface area contributed by atoms with Crippen LogP contribution in [0.3, 0.4) is 0 Å². The molecule has 6 heteroatoms. The molecule has 5 nitrogen and oxygen atoms in total. The number of nitro benzene ring substituents is 1. The van der Waals surface area contributed by atoms with Crippen molar-refractivity contribution in [2.24, 2.45) is 0 Å². The van der Waals surface area contributed by atoms with E-state index in [2.05, 4.69) is 0 Å². The van der Waals surface area contributed by atoms with E-state index in [1.54, 1.807) is 11.0 Å². The molecule has 2 aromatic rings. The summed E-state index contributed by atoms with van der Waals surface area (Å²) in [6, 6.07) is 12.7. The second kappa shape index (κ2) is 6.42. The Morgan fingerprint density at radius 2 is 2.09 bits per heavy atom. The van der Waals surface area contributed by atoms with Crippen LogP contribution in [0.25, 0.3) is 0 Å². The monoisotopic (exact) mass is 328 g/mol. The lowest BCUT2D eigenvalue weighted by Gasteiger charge is -2.17. The van der Waals surface area contributed by atoms with Gasteiger partial charge in [0.15, 0.2) is 0 Å². The van der Waals surface area contributed by atoms with E-state index in [9.17, 15) is 14.9 Å². The molecule has 0 N–H and O–H groups in total. The summed E-state index contributed by atoms with van der Waals surface area (Å²) in [5.74, 6) is 0.310. The fourth-order valence-electron chi connectivity index (χ4n) is 2.68. The van der Waals surface area contributed by atoms with Gasteiger partial charge in [-0.1, -0.05) is 24.3 Å². The summed E-state index contributed by atoms with van der Waals surface area (Å²) in [5.41, 5.74) is 2.83. The molecule has 2 aromatic carbocycles. The van der Waals surface area contributed by atoms with Gasteiger partial charge < -0.3 is 4.90 Å². The first-order valence-corrected chi connectivity index (χ1v) is 8.31. The van der Waals surface area contributed by atoms with Crippen molar-refractivity contribution in [3.8, 4) is 0 Å². The third-order valence-corrected chi connectivity index (χ3v) is 5.08. The predicted octanol–water partition coefficient (Wildman–Crippen LogP) is 3.58. The summed E-state index contributed by atoms with van der Waals surface area (Å²) in [7, 11) is 0. The lowest BCUT2D eigenvalue weighted by atomic mass is 10.1. The molecule has 1 heterocycles. The highest BCUT2D eigenvalue weighted by Gasteiger charge is 2.26. The summed E-state index contributed by atoms with van der Waals surface area (Å²) in [6.07, 6.45) is 0.744. The van der Waals surface area contributed by atoms with Crippen LogP contribution < -0.4 is 4.90 Å². The molecular weight excluding hydrogens is 312 g/mol. The number of anilines is 1. The van der Waals surface area contributed by atoms with Crippen LogP contribution in [0.2, 0.25) is 0 Å². The molecule has 3 rings (SSSR count). The summed E-state index contributed by atoms with van der Waals surface area (Å²) in [5, 5.41) is 10.9. The SMILES string of the molecule is Cc1ccccc1SCC(=O)N1CCc2ccc([N+](=O)[O-])cc21. The minimum Gasteiger partial charge on any atom is -0.311 e. The van der Waals surface area contributed by atoms with E-state index in [0.717, 1.165) is 22.4 Å². The van der Waals surface area contributed by atoms with E-state index in [4.69, 9.17) is 0 Å². The van der Waals surface area contributed by atoms with E-state index in [0.29, 0.717) is 18.0 Å². The number of hydrogen-bond acceptors (Lipinski definition) is 4. The number of hydrogen-bond donors (Lipinski definition) is 0. The fourth-order valence-corrected chi connectivity index (χ4v) is 3.58. The van der Waals surface area contributed by atoms with Gasteiger partial charge in [-0.25, -0.2) is 0 Å². The molecule has 23 heavy (non-hydrogen) atoms. The van der Waals surface area contributed by atoms with Crippen molar-refractivity contribution >= 4 is 29.0 Å². The lowest BCUT2D eigenvalue weighted by Crippen LogP contribution is -2.30. The Balaban J connectivity index is 1.74. The maximum absolute atomic E-state index is 12.5. The van der Waals surface area contributed by atoms with Gasteiger partial charge in [-0.2, -0.15) is 0 Å². The van der Waals surface area contributed by atoms with Gasteiger partial charge in [-0.3, -0.25) is 14.9 Å². The Kier molecular flexibility index (Phi) is 4.34. The Labute approximate surface area is 138 Å². The van der Waals surface area contributed by atoms with Crippen LogP contribution in [-0.2, 0) is 11.2 Å². The van der Waals surface area contributed by atoms with Crippen LogP contribution in [0.5, 0.6) is 0 Å². The topological polar surface area (TPSA) is 63.5 Å². The van der Waals surface area contributed by atoms with Gasteiger partial charge in [0, 0.05) is 23.6 Å². The molecule has 0 saturated carbocycles. The van der Waals surface area contributed by atoms with Crippen molar-refractivity contribution in [3.05, 3.63) is 63.7 Å². The van der Waals surface area contributed by atoms with Crippen LogP contribution >= 0.6 is 11.8 Å². The van der Waals surface area contributed by atoms with Crippen molar-refractivity contribution in [2.75, 3.05) is 17.2 Å². The number of fused-ring (bicyclic) bond motifs is 1. The van der Waals surface area contributed by atoms with Crippen LogP contribution in [0, 0.1) is 17.0 Å². The number of benzene rings is 2. The van der Waals surface area contributed by atoms with E-state index >= 15 is 0 Å². The zero-order valence-electron chi connectivity index (χ0n) is 12.7. The van der Waals surface area contributed by atoms with E-state index in [1.165, 1.54) is 23.9 Å². The highest BCUT2D eigenvalue weighted by atomic mass is 32.2. The zero-order valence-corrected chi connectivity index (χ0v) is 13.5. The van der Waals surface area contributed by atoms with E-state index < -0.39 is 4.92 Å². The average molecular weight is 328 g/mol. The molecule has 0 radical (unpaired) electrons. The van der Waals surface area contributed by atoms with Gasteiger partial charge in [0.1, 0.15) is 0 Å². The molecule has 1 aliphatic rings. The van der Waals surface area contributed by atoms with Crippen LogP contribution in [0.1, 0.15) is 11.1 Å². The van der Waals surface area contributed by atoms with Crippen LogP contribution in [0.4, 0.5) is 11.4 Å². The number of non-ortho nitro benzene ring substituents is 1. The fraction of sp³-hybridized carbons (Fsp3) is 0.235. The quantitative estimate of drug-likeness (QED) is 0.489. The first kappa shape index (κ1) is 15.6. The van der Waals surface area contributed by atoms with Crippen LogP contribution in [0.15, 0.2) is 47.4 Å². The zero-order chi connectivity index (χ0) is 16.4. The molecule has 0 aliphatic carbocycles. The van der Waals surface area contributed by atoms with Crippen molar-refractivity contribution in [3.63, 3.8) is 0 Å². The van der Waals surface area contributed by atoms with Gasteiger partial charge in [-0.05, 0) is 30.5 Å². The number of thioether (sulfide) groups is 1. The number of rotatable bonds is 4. The van der Waals surface area contributed by atoms with Crippen molar-refractivity contribution in [1.82, 2.24) is 0 Å². The molecule has 1 aliphatic heterocycles. The second-order valence-corrected chi connectivity index (χ2v) is 6.44. The van der Waals surface area contributed by atoms with Crippen molar-refractivity contribution in [2.45, 2.75) is 18.2 Å². The van der Waals surface area contributed by atoms with Crippen molar-refractivity contribution < 1.29 is 9.72 Å². The van der Waals surface area contributed by atoms with Gasteiger partial charge in [0.2, 0.25) is 5.91 Å². The molecule has 0 spiro atoms. The van der Waals surface area contributed by atoms with Crippen molar-refractivity contribution in [1.29, 1.82) is 0 Å². The van der Waals surface area contributed by atoms with Gasteiger partial charge in [0.05, 0.1) is 16.4 Å². The first-order chi connectivity index (χ1) is 11.1. The number of nitrogens with zero attached hydrogens (tertiary/aromatic N) is 2. The molecule has 0 saturated heterocycles. The lowest BCUT2D eigenvalue weighted by molar-refractivity contribution is -0.384. The number of carbonyl (C=O) groups excluding carboxylic acids is 1. The smallest absolute Gasteiger partial charge is 0.271 e. The minimum absolute atomic E-state index is 0.0162. The first-order valence-electron chi connectivity index (χ1n) is 7.32. The molecule has 0 unspecified atom stereocenters. The Morgan fingerprint density at radius 3 is 2.83 bits per heavy atom. The number of nitro groups is 1. The minimum atomic E-state index is -0.427. The maximum atomic E-state index is 12.5. The molecule has 0 atom stereocenters. The summed E-state index contributed by atoms with van der Waals surface area (Å²) >= 11 is 1.50. The molecule has 118 valence electrons. The average Bonchev–Trinajstić information content (AvgIpc) is 2.97. The predicted molar refractivity (Wildman–Crippen MR) is 91.1 cm³/mol. The highest BCUT2D eigenvalue weighted by molar-refractivity contribution is 8.00. The summed E-state index contributed by atoms with van der Waals surface area (Å²) in [4.78, 5) is 25.7. The highest BCUT2D eigenvalue weighted by Crippen LogP contribution is 2.32. The second-order valence-electron chi connectivity index (χ2n) is 5.42. The van der Waals surface area contributed by atoms with Gasteiger partial charge in [-0.15, -0.1) is 11.8 Å². The number of amides is 1. The molecule has 0 aromatic heterocycles. The molecule has 0 bridgehead atoms.